The summed E-state index contributed by atoms with van der Waals surface area (Å²) in [5.41, 5.74) is 1.36. The van der Waals surface area contributed by atoms with Gasteiger partial charge in [-0.15, -0.1) is 6.58 Å². The Labute approximate surface area is 141 Å². The van der Waals surface area contributed by atoms with Crippen LogP contribution in [0.4, 0.5) is 0 Å². The molecule has 5 nitrogen and oxygen atoms in total. The first kappa shape index (κ1) is 17.7. The van der Waals surface area contributed by atoms with Gasteiger partial charge in [-0.1, -0.05) is 24.3 Å². The molecule has 0 aromatic heterocycles. The first-order valence-corrected chi connectivity index (χ1v) is 8.61. The summed E-state index contributed by atoms with van der Waals surface area (Å²) in [5, 5.41) is 0. The number of carbonyl (C=O) groups excluding carboxylic acids is 1. The molecule has 0 unspecified atom stereocenters. The molecule has 0 radical (unpaired) electrons. The lowest BCUT2D eigenvalue weighted by molar-refractivity contribution is 0.101. The molecule has 0 atom stereocenters. The Hall–Kier alpha value is -2.60. The Bertz CT molecular complexity index is 851. The third-order valence-electron chi connectivity index (χ3n) is 3.36. The first-order valence-electron chi connectivity index (χ1n) is 7.20. The van der Waals surface area contributed by atoms with Crippen LogP contribution >= 0.6 is 0 Å². The number of hydrogen-bond acceptors (Lipinski definition) is 5. The highest BCUT2D eigenvalue weighted by molar-refractivity contribution is 7.87. The van der Waals surface area contributed by atoms with E-state index in [1.165, 1.54) is 38.3 Å². The van der Waals surface area contributed by atoms with Crippen LogP contribution in [0.25, 0.3) is 0 Å². The van der Waals surface area contributed by atoms with Crippen LogP contribution < -0.4 is 8.92 Å². The summed E-state index contributed by atoms with van der Waals surface area (Å²) in [4.78, 5) is 11.2. The van der Waals surface area contributed by atoms with E-state index in [-0.39, 0.29) is 16.4 Å². The van der Waals surface area contributed by atoms with Crippen LogP contribution in [0.3, 0.4) is 0 Å². The average molecular weight is 346 g/mol. The van der Waals surface area contributed by atoms with Gasteiger partial charge >= 0.3 is 10.1 Å². The number of hydrogen-bond donors (Lipinski definition) is 0. The first-order chi connectivity index (χ1) is 11.4. The van der Waals surface area contributed by atoms with Crippen molar-refractivity contribution >= 4 is 15.9 Å². The molecule has 2 aromatic rings. The van der Waals surface area contributed by atoms with Crippen LogP contribution in [0, 0.1) is 0 Å². The molecule has 6 heteroatoms. The highest BCUT2D eigenvalue weighted by atomic mass is 32.2. The Kier molecular flexibility index (Phi) is 5.41. The monoisotopic (exact) mass is 346 g/mol. The zero-order valence-electron chi connectivity index (χ0n) is 13.5. The summed E-state index contributed by atoms with van der Waals surface area (Å²) in [5.74, 6) is 0.276. The fraction of sp³-hybridized carbons (Fsp3) is 0.167. The molecule has 0 saturated carbocycles. The van der Waals surface area contributed by atoms with Gasteiger partial charge in [0.2, 0.25) is 0 Å². The van der Waals surface area contributed by atoms with Crippen molar-refractivity contribution in [3.8, 4) is 11.5 Å². The Morgan fingerprint density at radius 3 is 2.33 bits per heavy atom. The van der Waals surface area contributed by atoms with Gasteiger partial charge in [0.15, 0.2) is 17.3 Å². The molecule has 0 fully saturated rings. The van der Waals surface area contributed by atoms with Crippen molar-refractivity contribution < 1.29 is 22.1 Å². The second-order valence-electron chi connectivity index (χ2n) is 5.10. The van der Waals surface area contributed by atoms with Crippen LogP contribution in [0.5, 0.6) is 11.5 Å². The van der Waals surface area contributed by atoms with Crippen molar-refractivity contribution in [2.75, 3.05) is 7.11 Å². The van der Waals surface area contributed by atoms with E-state index >= 15 is 0 Å². The molecule has 2 rings (SSSR count). The molecule has 24 heavy (non-hydrogen) atoms. The van der Waals surface area contributed by atoms with Gasteiger partial charge in [0, 0.05) is 5.56 Å². The van der Waals surface area contributed by atoms with E-state index in [0.29, 0.717) is 17.7 Å². The highest BCUT2D eigenvalue weighted by Crippen LogP contribution is 2.31. The van der Waals surface area contributed by atoms with Crippen LogP contribution in [0.1, 0.15) is 22.8 Å². The van der Waals surface area contributed by atoms with Gasteiger partial charge in [0.25, 0.3) is 0 Å². The number of rotatable bonds is 7. The lowest BCUT2D eigenvalue weighted by Gasteiger charge is -2.12. The number of carbonyl (C=O) groups is 1. The highest BCUT2D eigenvalue weighted by Gasteiger charge is 2.19. The molecule has 0 saturated heterocycles. The molecular weight excluding hydrogens is 328 g/mol. The molecule has 0 heterocycles. The van der Waals surface area contributed by atoms with Gasteiger partial charge in [-0.25, -0.2) is 0 Å². The summed E-state index contributed by atoms with van der Waals surface area (Å²) in [6, 6.07) is 10.6. The van der Waals surface area contributed by atoms with Crippen LogP contribution in [0.2, 0.25) is 0 Å². The Morgan fingerprint density at radius 2 is 1.79 bits per heavy atom. The van der Waals surface area contributed by atoms with E-state index in [2.05, 4.69) is 6.58 Å². The average Bonchev–Trinajstić information content (AvgIpc) is 2.56. The maximum atomic E-state index is 12.4. The Balaban J connectivity index is 2.31. The minimum absolute atomic E-state index is 0.0373. The van der Waals surface area contributed by atoms with Gasteiger partial charge in [-0.3, -0.25) is 4.79 Å². The molecular formula is C18H18O5S. The minimum atomic E-state index is -4.02. The fourth-order valence-corrected chi connectivity index (χ4v) is 3.04. The topological polar surface area (TPSA) is 69.7 Å². The van der Waals surface area contributed by atoms with Crippen LogP contribution in [0.15, 0.2) is 60.0 Å². The zero-order chi connectivity index (χ0) is 17.7. The van der Waals surface area contributed by atoms with Crippen molar-refractivity contribution in [3.63, 3.8) is 0 Å². The van der Waals surface area contributed by atoms with Gasteiger partial charge < -0.3 is 8.92 Å². The lowest BCUT2D eigenvalue weighted by atomic mass is 10.1. The predicted molar refractivity (Wildman–Crippen MR) is 91.2 cm³/mol. The summed E-state index contributed by atoms with van der Waals surface area (Å²) < 4.78 is 35.1. The maximum absolute atomic E-state index is 12.4. The van der Waals surface area contributed by atoms with Gasteiger partial charge in [-0.05, 0) is 43.2 Å². The lowest BCUT2D eigenvalue weighted by Crippen LogP contribution is -2.11. The van der Waals surface area contributed by atoms with E-state index in [0.717, 1.165) is 5.56 Å². The molecule has 0 aliphatic carbocycles. The van der Waals surface area contributed by atoms with E-state index in [9.17, 15) is 13.2 Å². The predicted octanol–water partition coefficient (Wildman–Crippen LogP) is 3.39. The van der Waals surface area contributed by atoms with Crippen molar-refractivity contribution in [3.05, 3.63) is 66.2 Å². The third kappa shape index (κ3) is 4.02. The van der Waals surface area contributed by atoms with E-state index in [1.807, 2.05) is 0 Å². The maximum Gasteiger partial charge on any atom is 0.339 e. The Morgan fingerprint density at radius 1 is 1.12 bits per heavy atom. The van der Waals surface area contributed by atoms with E-state index in [1.54, 1.807) is 24.3 Å². The summed E-state index contributed by atoms with van der Waals surface area (Å²) in [7, 11) is -2.59. The van der Waals surface area contributed by atoms with Gasteiger partial charge in [0.05, 0.1) is 7.11 Å². The smallest absolute Gasteiger partial charge is 0.339 e. The molecule has 0 aliphatic heterocycles. The molecule has 0 amide bonds. The summed E-state index contributed by atoms with van der Waals surface area (Å²) in [6.07, 6.45) is 2.37. The van der Waals surface area contributed by atoms with Crippen LogP contribution in [-0.2, 0) is 16.5 Å². The van der Waals surface area contributed by atoms with Crippen molar-refractivity contribution in [2.24, 2.45) is 0 Å². The number of Topliss-reactive ketones (excluding diaryl/α,β-unsaturated/α-hetero) is 1. The number of benzene rings is 2. The number of ketones is 1. The summed E-state index contributed by atoms with van der Waals surface area (Å²) in [6.45, 7) is 5.07. The SMILES string of the molecule is C=CCc1ccc(OS(=O)(=O)c2ccc(C(C)=O)cc2)c(OC)c1. The molecule has 0 N–H and O–H groups in total. The van der Waals surface area contributed by atoms with E-state index in [4.69, 9.17) is 8.92 Å². The number of allylic oxidation sites excluding steroid dienone is 1. The van der Waals surface area contributed by atoms with Crippen molar-refractivity contribution in [1.29, 1.82) is 0 Å². The van der Waals surface area contributed by atoms with E-state index < -0.39 is 10.1 Å². The van der Waals surface area contributed by atoms with Gasteiger partial charge in [0.1, 0.15) is 4.90 Å². The number of ether oxygens (including phenoxy) is 1. The molecule has 0 aliphatic rings. The van der Waals surface area contributed by atoms with Crippen molar-refractivity contribution in [2.45, 2.75) is 18.2 Å². The molecule has 126 valence electrons. The number of methoxy groups -OCH3 is 1. The quantitative estimate of drug-likeness (QED) is 0.437. The second kappa shape index (κ2) is 7.31. The molecule has 0 bridgehead atoms. The van der Waals surface area contributed by atoms with Crippen LogP contribution in [-0.4, -0.2) is 21.3 Å². The minimum Gasteiger partial charge on any atom is -0.493 e. The largest absolute Gasteiger partial charge is 0.493 e. The second-order valence-corrected chi connectivity index (χ2v) is 6.64. The third-order valence-corrected chi connectivity index (χ3v) is 4.61. The molecule has 0 spiro atoms. The zero-order valence-corrected chi connectivity index (χ0v) is 14.3. The fourth-order valence-electron chi connectivity index (χ4n) is 2.10. The molecule has 2 aromatic carbocycles. The normalized spacial score (nSPS) is 10.9. The standard InChI is InChI=1S/C18H18O5S/c1-4-5-14-6-11-17(18(12-14)22-3)23-24(20,21)16-9-7-15(8-10-16)13(2)19/h4,6-12H,1,5H2,2-3H3. The van der Waals surface area contributed by atoms with Crippen molar-refractivity contribution in [1.82, 2.24) is 0 Å². The summed E-state index contributed by atoms with van der Waals surface area (Å²) >= 11 is 0. The van der Waals surface area contributed by atoms with Gasteiger partial charge in [-0.2, -0.15) is 8.42 Å².